The van der Waals surface area contributed by atoms with Gasteiger partial charge in [-0.3, -0.25) is 4.79 Å². The summed E-state index contributed by atoms with van der Waals surface area (Å²) < 4.78 is 39.0. The number of H-pyrrole nitrogens is 1. The summed E-state index contributed by atoms with van der Waals surface area (Å²) >= 11 is 0. The number of nitrogens with zero attached hydrogens (tertiary/aromatic N) is 3. The lowest BCUT2D eigenvalue weighted by molar-refractivity contribution is -0.140. The second kappa shape index (κ2) is 6.26. The lowest BCUT2D eigenvalue weighted by Gasteiger charge is -2.34. The van der Waals surface area contributed by atoms with E-state index in [9.17, 15) is 18.0 Å². The highest BCUT2D eigenvalue weighted by atomic mass is 19.4. The summed E-state index contributed by atoms with van der Waals surface area (Å²) in [4.78, 5) is 23.9. The average Bonchev–Trinajstić information content (AvgIpc) is 3.07. The zero-order valence-electron chi connectivity index (χ0n) is 14.3. The molecule has 0 fully saturated rings. The highest BCUT2D eigenvalue weighted by molar-refractivity contribution is 5.93. The number of alkyl halides is 3. The number of hydrogen-bond acceptors (Lipinski definition) is 4. The van der Waals surface area contributed by atoms with Crippen molar-refractivity contribution in [3.8, 4) is 0 Å². The first-order valence-electron chi connectivity index (χ1n) is 8.39. The predicted molar refractivity (Wildman–Crippen MR) is 94.3 cm³/mol. The minimum absolute atomic E-state index is 0.0502. The summed E-state index contributed by atoms with van der Waals surface area (Å²) in [5, 5.41) is 3.50. The zero-order valence-corrected chi connectivity index (χ0v) is 14.3. The van der Waals surface area contributed by atoms with Crippen molar-refractivity contribution in [3.63, 3.8) is 0 Å². The summed E-state index contributed by atoms with van der Waals surface area (Å²) in [5.74, 6) is 0.272. The molecule has 0 saturated carbocycles. The van der Waals surface area contributed by atoms with E-state index in [1.54, 1.807) is 4.90 Å². The second-order valence-corrected chi connectivity index (χ2v) is 6.38. The van der Waals surface area contributed by atoms with E-state index in [0.717, 1.165) is 17.3 Å². The average molecular weight is 375 g/mol. The molecule has 6 nitrogen and oxygen atoms in total. The summed E-state index contributed by atoms with van der Waals surface area (Å²) in [5.41, 5.74) is 0.948. The number of fused-ring (bicyclic) bond motifs is 2. The molecular weight excluding hydrogens is 359 g/mol. The maximum atomic E-state index is 13.0. The number of aromatic nitrogens is 3. The monoisotopic (exact) mass is 375 g/mol. The summed E-state index contributed by atoms with van der Waals surface area (Å²) in [6.07, 6.45) is -2.66. The van der Waals surface area contributed by atoms with E-state index in [2.05, 4.69) is 20.3 Å². The van der Waals surface area contributed by atoms with E-state index in [-0.39, 0.29) is 23.0 Å². The number of amides is 1. The van der Waals surface area contributed by atoms with Crippen molar-refractivity contribution in [2.45, 2.75) is 25.6 Å². The highest BCUT2D eigenvalue weighted by Gasteiger charge is 2.34. The molecule has 0 saturated heterocycles. The lowest BCUT2D eigenvalue weighted by atomic mass is 9.96. The number of benzene rings is 1. The Morgan fingerprint density at radius 3 is 2.81 bits per heavy atom. The van der Waals surface area contributed by atoms with Crippen molar-refractivity contribution < 1.29 is 18.0 Å². The second-order valence-electron chi connectivity index (χ2n) is 6.38. The fraction of sp³-hybridized carbons (Fsp3) is 0.278. The fourth-order valence-corrected chi connectivity index (χ4v) is 3.41. The smallest absolute Gasteiger partial charge is 0.362 e. The van der Waals surface area contributed by atoms with Gasteiger partial charge < -0.3 is 15.2 Å². The molecule has 2 N–H and O–H groups in total. The molecule has 0 aliphatic carbocycles. The molecule has 2 aromatic heterocycles. The fourth-order valence-electron chi connectivity index (χ4n) is 3.41. The molecule has 3 heterocycles. The van der Waals surface area contributed by atoms with Crippen LogP contribution >= 0.6 is 0 Å². The van der Waals surface area contributed by atoms with E-state index in [4.69, 9.17) is 0 Å². The SMILES string of the molecule is CC(=O)N1CCC(Nc2ncnc3[nH]c(C(F)(F)F)cc23)c2ccccc21. The maximum absolute atomic E-state index is 13.0. The first-order valence-corrected chi connectivity index (χ1v) is 8.39. The van der Waals surface area contributed by atoms with Gasteiger partial charge in [-0.25, -0.2) is 9.97 Å². The van der Waals surface area contributed by atoms with Gasteiger partial charge in [0.2, 0.25) is 5.91 Å². The molecule has 1 aromatic carbocycles. The third kappa shape index (κ3) is 3.09. The molecule has 1 atom stereocenters. The van der Waals surface area contributed by atoms with Crippen LogP contribution in [0.15, 0.2) is 36.7 Å². The van der Waals surface area contributed by atoms with Crippen molar-refractivity contribution in [3.05, 3.63) is 47.9 Å². The first kappa shape index (κ1) is 17.3. The summed E-state index contributed by atoms with van der Waals surface area (Å²) in [7, 11) is 0. The van der Waals surface area contributed by atoms with Crippen LogP contribution in [0.4, 0.5) is 24.7 Å². The van der Waals surface area contributed by atoms with Crippen LogP contribution in [0.3, 0.4) is 0 Å². The lowest BCUT2D eigenvalue weighted by Crippen LogP contribution is -2.36. The Balaban J connectivity index is 1.71. The van der Waals surface area contributed by atoms with Gasteiger partial charge in [-0.05, 0) is 24.1 Å². The Kier molecular flexibility index (Phi) is 4.01. The van der Waals surface area contributed by atoms with E-state index in [1.807, 2.05) is 24.3 Å². The molecule has 9 heteroatoms. The van der Waals surface area contributed by atoms with Crippen LogP contribution in [0.1, 0.15) is 30.6 Å². The van der Waals surface area contributed by atoms with Crippen LogP contribution in [-0.2, 0) is 11.0 Å². The van der Waals surface area contributed by atoms with Crippen molar-refractivity contribution in [1.82, 2.24) is 15.0 Å². The van der Waals surface area contributed by atoms with Gasteiger partial charge in [-0.2, -0.15) is 13.2 Å². The van der Waals surface area contributed by atoms with Gasteiger partial charge in [0.15, 0.2) is 0 Å². The van der Waals surface area contributed by atoms with Crippen molar-refractivity contribution in [1.29, 1.82) is 0 Å². The highest BCUT2D eigenvalue weighted by Crippen LogP contribution is 2.37. The van der Waals surface area contributed by atoms with Crippen molar-refractivity contribution in [2.75, 3.05) is 16.8 Å². The number of para-hydroxylation sites is 1. The molecule has 1 aliphatic rings. The van der Waals surface area contributed by atoms with Crippen LogP contribution in [0.5, 0.6) is 0 Å². The quantitative estimate of drug-likeness (QED) is 0.713. The molecule has 1 aliphatic heterocycles. The van der Waals surface area contributed by atoms with Gasteiger partial charge in [0.05, 0.1) is 11.4 Å². The number of nitrogens with one attached hydrogen (secondary N) is 2. The molecule has 27 heavy (non-hydrogen) atoms. The van der Waals surface area contributed by atoms with Crippen molar-refractivity contribution >= 4 is 28.4 Å². The Bertz CT molecular complexity index is 1010. The molecule has 1 amide bonds. The Labute approximate surface area is 152 Å². The first-order chi connectivity index (χ1) is 12.8. The molecular formula is C18H16F3N5O. The van der Waals surface area contributed by atoms with E-state index >= 15 is 0 Å². The van der Waals surface area contributed by atoms with Gasteiger partial charge >= 0.3 is 6.18 Å². The number of hydrogen-bond donors (Lipinski definition) is 2. The van der Waals surface area contributed by atoms with Gasteiger partial charge in [-0.1, -0.05) is 18.2 Å². The number of aromatic amines is 1. The number of carbonyl (C=O) groups is 1. The van der Waals surface area contributed by atoms with Crippen LogP contribution in [0.25, 0.3) is 11.0 Å². The molecule has 140 valence electrons. The zero-order chi connectivity index (χ0) is 19.2. The predicted octanol–water partition coefficient (Wildman–Crippen LogP) is 3.89. The summed E-state index contributed by atoms with van der Waals surface area (Å²) in [6, 6.07) is 8.30. The van der Waals surface area contributed by atoms with Crippen LogP contribution in [0.2, 0.25) is 0 Å². The van der Waals surface area contributed by atoms with E-state index in [1.165, 1.54) is 13.3 Å². The normalized spacial score (nSPS) is 17.0. The molecule has 4 rings (SSSR count). The van der Waals surface area contributed by atoms with Crippen LogP contribution in [0, 0.1) is 0 Å². The van der Waals surface area contributed by atoms with Gasteiger partial charge in [-0.15, -0.1) is 0 Å². The third-order valence-corrected chi connectivity index (χ3v) is 4.67. The van der Waals surface area contributed by atoms with E-state index in [0.29, 0.717) is 18.8 Å². The number of rotatable bonds is 2. The molecule has 0 spiro atoms. The molecule has 0 bridgehead atoms. The van der Waals surface area contributed by atoms with Gasteiger partial charge in [0.25, 0.3) is 0 Å². The minimum atomic E-state index is -4.49. The molecule has 1 unspecified atom stereocenters. The minimum Gasteiger partial charge on any atom is -0.362 e. The Hall–Kier alpha value is -3.10. The van der Waals surface area contributed by atoms with Crippen LogP contribution < -0.4 is 10.2 Å². The third-order valence-electron chi connectivity index (χ3n) is 4.67. The number of anilines is 2. The number of halogens is 3. The van der Waals surface area contributed by atoms with Crippen molar-refractivity contribution in [2.24, 2.45) is 0 Å². The molecule has 3 aromatic rings. The standard InChI is InChI=1S/C18H16F3N5O/c1-10(27)26-7-6-13(11-4-2-3-5-14(11)26)24-16-12-8-15(18(19,20)21)25-17(12)23-9-22-16/h2-5,8-9,13H,6-7H2,1H3,(H2,22,23,24,25). The van der Waals surface area contributed by atoms with Gasteiger partial charge in [0.1, 0.15) is 23.5 Å². The number of carbonyl (C=O) groups excluding carboxylic acids is 1. The Morgan fingerprint density at radius 1 is 1.30 bits per heavy atom. The summed E-state index contributed by atoms with van der Waals surface area (Å²) in [6.45, 7) is 2.02. The topological polar surface area (TPSA) is 73.9 Å². The van der Waals surface area contributed by atoms with Crippen LogP contribution in [-0.4, -0.2) is 27.4 Å². The largest absolute Gasteiger partial charge is 0.431 e. The van der Waals surface area contributed by atoms with E-state index < -0.39 is 11.9 Å². The van der Waals surface area contributed by atoms with Gasteiger partial charge in [0, 0.05) is 19.2 Å². The molecule has 0 radical (unpaired) electrons. The Morgan fingerprint density at radius 2 is 2.07 bits per heavy atom. The maximum Gasteiger partial charge on any atom is 0.431 e.